The van der Waals surface area contributed by atoms with Crippen molar-refractivity contribution in [2.24, 2.45) is 11.7 Å². The van der Waals surface area contributed by atoms with E-state index >= 15 is 0 Å². The van der Waals surface area contributed by atoms with Crippen LogP contribution in [0.4, 0.5) is 0 Å². The maximum Gasteiger partial charge on any atom is 0.237 e. The number of primary amides is 1. The predicted octanol–water partition coefficient (Wildman–Crippen LogP) is 0.758. The van der Waals surface area contributed by atoms with E-state index in [1.165, 1.54) is 0 Å². The molecule has 0 radical (unpaired) electrons. The molecule has 0 bridgehead atoms. The summed E-state index contributed by atoms with van der Waals surface area (Å²) < 4.78 is 0. The van der Waals surface area contributed by atoms with E-state index in [0.29, 0.717) is 0 Å². The third-order valence-corrected chi connectivity index (χ3v) is 3.10. The molecular weight excluding hydrogens is 164 g/mol. The van der Waals surface area contributed by atoms with Crippen LogP contribution in [-0.2, 0) is 4.79 Å². The van der Waals surface area contributed by atoms with Gasteiger partial charge < -0.3 is 5.73 Å². The van der Waals surface area contributed by atoms with Crippen LogP contribution in [0.5, 0.6) is 0 Å². The van der Waals surface area contributed by atoms with Gasteiger partial charge in [0.05, 0.1) is 0 Å². The fourth-order valence-electron chi connectivity index (χ4n) is 1.66. The SMILES string of the molecule is CC(C)C(C)(C(N)=O)N1CC=CC1. The Bertz CT molecular complexity index is 227. The monoisotopic (exact) mass is 182 g/mol. The van der Waals surface area contributed by atoms with Crippen LogP contribution in [-0.4, -0.2) is 29.4 Å². The van der Waals surface area contributed by atoms with E-state index in [1.807, 2.05) is 20.8 Å². The first-order valence-electron chi connectivity index (χ1n) is 4.69. The number of carbonyl (C=O) groups excluding carboxylic acids is 1. The molecule has 1 unspecified atom stereocenters. The molecule has 1 amide bonds. The molecule has 1 aliphatic heterocycles. The first kappa shape index (κ1) is 10.3. The van der Waals surface area contributed by atoms with Crippen molar-refractivity contribution in [3.63, 3.8) is 0 Å². The van der Waals surface area contributed by atoms with E-state index in [9.17, 15) is 4.79 Å². The van der Waals surface area contributed by atoms with Crippen molar-refractivity contribution < 1.29 is 4.79 Å². The van der Waals surface area contributed by atoms with Crippen molar-refractivity contribution in [3.8, 4) is 0 Å². The van der Waals surface area contributed by atoms with E-state index in [2.05, 4.69) is 17.1 Å². The van der Waals surface area contributed by atoms with Gasteiger partial charge in [-0.05, 0) is 12.8 Å². The van der Waals surface area contributed by atoms with Gasteiger partial charge in [-0.25, -0.2) is 0 Å². The molecule has 2 N–H and O–H groups in total. The first-order valence-corrected chi connectivity index (χ1v) is 4.69. The maximum atomic E-state index is 11.4. The zero-order valence-electron chi connectivity index (χ0n) is 8.58. The summed E-state index contributed by atoms with van der Waals surface area (Å²) in [6, 6.07) is 0. The summed E-state index contributed by atoms with van der Waals surface area (Å²) in [7, 11) is 0. The van der Waals surface area contributed by atoms with Gasteiger partial charge in [0.25, 0.3) is 0 Å². The predicted molar refractivity (Wildman–Crippen MR) is 53.2 cm³/mol. The van der Waals surface area contributed by atoms with Crippen molar-refractivity contribution in [2.45, 2.75) is 26.3 Å². The summed E-state index contributed by atoms with van der Waals surface area (Å²) in [5.41, 5.74) is 4.93. The number of hydrogen-bond donors (Lipinski definition) is 1. The Morgan fingerprint density at radius 2 is 1.92 bits per heavy atom. The highest BCUT2D eigenvalue weighted by molar-refractivity contribution is 5.84. The molecule has 74 valence electrons. The Balaban J connectivity index is 2.84. The number of amides is 1. The van der Waals surface area contributed by atoms with Crippen molar-refractivity contribution in [1.29, 1.82) is 0 Å². The first-order chi connectivity index (χ1) is 5.99. The van der Waals surface area contributed by atoms with Gasteiger partial charge >= 0.3 is 0 Å². The van der Waals surface area contributed by atoms with Gasteiger partial charge in [0.1, 0.15) is 5.54 Å². The summed E-state index contributed by atoms with van der Waals surface area (Å²) in [4.78, 5) is 13.5. The summed E-state index contributed by atoms with van der Waals surface area (Å²) in [5.74, 6) is 0.0103. The summed E-state index contributed by atoms with van der Waals surface area (Å²) in [6.07, 6.45) is 4.15. The second-order valence-electron chi connectivity index (χ2n) is 4.04. The van der Waals surface area contributed by atoms with Crippen LogP contribution < -0.4 is 5.73 Å². The minimum atomic E-state index is -0.510. The van der Waals surface area contributed by atoms with Gasteiger partial charge in [-0.1, -0.05) is 26.0 Å². The van der Waals surface area contributed by atoms with E-state index in [4.69, 9.17) is 5.73 Å². The molecule has 3 nitrogen and oxygen atoms in total. The molecule has 1 rings (SSSR count). The van der Waals surface area contributed by atoms with Crippen LogP contribution in [0.25, 0.3) is 0 Å². The van der Waals surface area contributed by atoms with Gasteiger partial charge in [0.2, 0.25) is 5.91 Å². The van der Waals surface area contributed by atoms with Crippen LogP contribution in [0.2, 0.25) is 0 Å². The molecule has 1 atom stereocenters. The van der Waals surface area contributed by atoms with Crippen molar-refractivity contribution >= 4 is 5.91 Å². The summed E-state index contributed by atoms with van der Waals surface area (Å²) in [5, 5.41) is 0. The van der Waals surface area contributed by atoms with E-state index in [1.54, 1.807) is 0 Å². The maximum absolute atomic E-state index is 11.4. The largest absolute Gasteiger partial charge is 0.368 e. The minimum Gasteiger partial charge on any atom is -0.368 e. The Labute approximate surface area is 79.6 Å². The number of hydrogen-bond acceptors (Lipinski definition) is 2. The van der Waals surface area contributed by atoms with Gasteiger partial charge in [0, 0.05) is 13.1 Å². The number of carbonyl (C=O) groups is 1. The lowest BCUT2D eigenvalue weighted by atomic mass is 9.86. The molecule has 0 aromatic heterocycles. The zero-order chi connectivity index (χ0) is 10.1. The topological polar surface area (TPSA) is 46.3 Å². The summed E-state index contributed by atoms with van der Waals surface area (Å²) >= 11 is 0. The smallest absolute Gasteiger partial charge is 0.237 e. The van der Waals surface area contributed by atoms with Crippen LogP contribution >= 0.6 is 0 Å². The molecule has 1 heterocycles. The number of rotatable bonds is 3. The minimum absolute atomic E-state index is 0.230. The van der Waals surface area contributed by atoms with Crippen LogP contribution in [0.15, 0.2) is 12.2 Å². The highest BCUT2D eigenvalue weighted by Gasteiger charge is 2.40. The van der Waals surface area contributed by atoms with Crippen LogP contribution in [0.3, 0.4) is 0 Å². The summed E-state index contributed by atoms with van der Waals surface area (Å²) in [6.45, 7) is 7.65. The van der Waals surface area contributed by atoms with Gasteiger partial charge in [-0.15, -0.1) is 0 Å². The van der Waals surface area contributed by atoms with E-state index in [-0.39, 0.29) is 11.8 Å². The normalized spacial score (nSPS) is 22.2. The second kappa shape index (κ2) is 3.50. The molecule has 1 aliphatic rings. The standard InChI is InChI=1S/C10H18N2O/c1-8(2)10(3,9(11)13)12-6-4-5-7-12/h4-5,8H,6-7H2,1-3H3,(H2,11,13). The molecule has 13 heavy (non-hydrogen) atoms. The molecule has 0 saturated carbocycles. The van der Waals surface area contributed by atoms with Crippen molar-refractivity contribution in [3.05, 3.63) is 12.2 Å². The van der Waals surface area contributed by atoms with Crippen molar-refractivity contribution in [2.75, 3.05) is 13.1 Å². The van der Waals surface area contributed by atoms with Crippen LogP contribution in [0.1, 0.15) is 20.8 Å². The zero-order valence-corrected chi connectivity index (χ0v) is 8.58. The number of nitrogens with two attached hydrogens (primary N) is 1. The molecule has 0 saturated heterocycles. The second-order valence-corrected chi connectivity index (χ2v) is 4.04. The average molecular weight is 182 g/mol. The molecule has 0 fully saturated rings. The van der Waals surface area contributed by atoms with Crippen molar-refractivity contribution in [1.82, 2.24) is 4.90 Å². The Morgan fingerprint density at radius 3 is 2.23 bits per heavy atom. The van der Waals surface area contributed by atoms with Gasteiger partial charge in [-0.2, -0.15) is 0 Å². The highest BCUT2D eigenvalue weighted by atomic mass is 16.1. The number of nitrogens with zero attached hydrogens (tertiary/aromatic N) is 1. The molecule has 0 spiro atoms. The molecule has 3 heteroatoms. The lowest BCUT2D eigenvalue weighted by molar-refractivity contribution is -0.131. The third kappa shape index (κ3) is 1.61. The lowest BCUT2D eigenvalue weighted by Crippen LogP contribution is -2.58. The average Bonchev–Trinajstić information content (AvgIpc) is 2.54. The molecule has 0 aromatic rings. The Hall–Kier alpha value is -0.830. The molecular formula is C10H18N2O. The molecule has 0 aliphatic carbocycles. The fraction of sp³-hybridized carbons (Fsp3) is 0.700. The highest BCUT2D eigenvalue weighted by Crippen LogP contribution is 2.25. The van der Waals surface area contributed by atoms with Crippen LogP contribution in [0, 0.1) is 5.92 Å². The van der Waals surface area contributed by atoms with Gasteiger partial charge in [-0.3, -0.25) is 9.69 Å². The van der Waals surface area contributed by atoms with E-state index in [0.717, 1.165) is 13.1 Å². The van der Waals surface area contributed by atoms with E-state index < -0.39 is 5.54 Å². The third-order valence-electron chi connectivity index (χ3n) is 3.10. The Morgan fingerprint density at radius 1 is 1.46 bits per heavy atom. The van der Waals surface area contributed by atoms with Gasteiger partial charge in [0.15, 0.2) is 0 Å². The molecule has 0 aromatic carbocycles. The Kier molecular flexibility index (Phi) is 2.76. The lowest BCUT2D eigenvalue weighted by Gasteiger charge is -2.39. The quantitative estimate of drug-likeness (QED) is 0.655. The fourth-order valence-corrected chi connectivity index (χ4v) is 1.66.